The van der Waals surface area contributed by atoms with Crippen LogP contribution in [0, 0.1) is 0 Å². The van der Waals surface area contributed by atoms with Crippen molar-refractivity contribution in [3.8, 4) is 11.5 Å². The highest BCUT2D eigenvalue weighted by Gasteiger charge is 2.36. The summed E-state index contributed by atoms with van der Waals surface area (Å²) in [6, 6.07) is 5.60. The lowest BCUT2D eigenvalue weighted by molar-refractivity contribution is -0.274. The number of benzene rings is 1. The van der Waals surface area contributed by atoms with Gasteiger partial charge in [0.05, 0.1) is 41.9 Å². The van der Waals surface area contributed by atoms with Crippen molar-refractivity contribution < 1.29 is 32.2 Å². The molecule has 3 aromatic rings. The highest BCUT2D eigenvalue weighted by atomic mass is 19.4. The molecule has 1 atom stereocenters. The first-order chi connectivity index (χ1) is 17.5. The van der Waals surface area contributed by atoms with Crippen LogP contribution in [0.2, 0.25) is 0 Å². The summed E-state index contributed by atoms with van der Waals surface area (Å²) in [6.07, 6.45) is -1.93. The van der Waals surface area contributed by atoms with E-state index in [1.54, 1.807) is 4.68 Å². The van der Waals surface area contributed by atoms with Crippen molar-refractivity contribution in [1.82, 2.24) is 20.1 Å². The number of aromatic amines is 1. The summed E-state index contributed by atoms with van der Waals surface area (Å²) >= 11 is 0. The quantitative estimate of drug-likeness (QED) is 0.514. The fraction of sp³-hybridized carbons (Fsp3) is 0.333. The zero-order valence-electron chi connectivity index (χ0n) is 20.1. The Kier molecular flexibility index (Phi) is 6.96. The van der Waals surface area contributed by atoms with Crippen LogP contribution in [0.5, 0.6) is 11.5 Å². The Morgan fingerprint density at radius 2 is 1.95 bits per heavy atom. The minimum absolute atomic E-state index is 0.0224. The van der Waals surface area contributed by atoms with Gasteiger partial charge in [-0.2, -0.15) is 5.10 Å². The Balaban J connectivity index is 1.66. The molecule has 37 heavy (non-hydrogen) atoms. The van der Waals surface area contributed by atoms with Crippen LogP contribution in [0.1, 0.15) is 58.8 Å². The molecule has 2 N–H and O–H groups in total. The van der Waals surface area contributed by atoms with Gasteiger partial charge in [-0.15, -0.1) is 13.2 Å². The summed E-state index contributed by atoms with van der Waals surface area (Å²) in [4.78, 5) is 42.1. The number of H-pyrrole nitrogens is 1. The van der Waals surface area contributed by atoms with E-state index in [9.17, 15) is 27.6 Å². The number of para-hydroxylation sites is 1. The van der Waals surface area contributed by atoms with E-state index in [1.807, 2.05) is 13.8 Å². The Bertz CT molecular complexity index is 1380. The first kappa shape index (κ1) is 25.8. The van der Waals surface area contributed by atoms with E-state index in [0.29, 0.717) is 11.4 Å². The second-order valence-corrected chi connectivity index (χ2v) is 8.55. The number of ether oxygens (including phenoxy) is 2. The average molecular weight is 519 g/mol. The molecule has 13 heteroatoms. The molecule has 4 rings (SSSR count). The van der Waals surface area contributed by atoms with Crippen molar-refractivity contribution in [2.75, 3.05) is 18.6 Å². The number of anilines is 1. The molecule has 0 radical (unpaired) electrons. The zero-order valence-corrected chi connectivity index (χ0v) is 20.1. The predicted octanol–water partition coefficient (Wildman–Crippen LogP) is 3.58. The number of hydrogen-bond acceptors (Lipinski definition) is 6. The van der Waals surface area contributed by atoms with Crippen molar-refractivity contribution in [3.63, 3.8) is 0 Å². The number of alkyl halides is 3. The zero-order chi connectivity index (χ0) is 26.9. The fourth-order valence-corrected chi connectivity index (χ4v) is 4.18. The summed E-state index contributed by atoms with van der Waals surface area (Å²) in [7, 11) is 1.32. The number of hydrogen-bond donors (Lipinski definition) is 2. The molecule has 1 aromatic carbocycles. The number of aromatic nitrogens is 3. The monoisotopic (exact) mass is 519 g/mol. The van der Waals surface area contributed by atoms with Crippen LogP contribution >= 0.6 is 0 Å². The highest BCUT2D eigenvalue weighted by molar-refractivity contribution is 6.07. The molecule has 1 aliphatic rings. The van der Waals surface area contributed by atoms with Gasteiger partial charge in [-0.3, -0.25) is 19.1 Å². The van der Waals surface area contributed by atoms with Crippen LogP contribution in [-0.2, 0) is 0 Å². The highest BCUT2D eigenvalue weighted by Crippen LogP contribution is 2.37. The molecule has 0 saturated carbocycles. The number of methoxy groups -OCH3 is 1. The summed E-state index contributed by atoms with van der Waals surface area (Å²) in [5, 5.41) is 7.15. The van der Waals surface area contributed by atoms with Gasteiger partial charge in [0.15, 0.2) is 5.75 Å². The van der Waals surface area contributed by atoms with Gasteiger partial charge in [0.25, 0.3) is 17.4 Å². The SMILES string of the molecule is COc1cc(C(=O)N2CC[C@H](NC(=O)c3ccccc3OC(F)(F)F)c3c2cnn3C(C)C)c[nH]c1=O. The van der Waals surface area contributed by atoms with Crippen molar-refractivity contribution >= 4 is 17.5 Å². The molecule has 3 heterocycles. The third-order valence-electron chi connectivity index (χ3n) is 5.81. The molecule has 0 spiro atoms. The van der Waals surface area contributed by atoms with E-state index in [1.165, 1.54) is 48.7 Å². The molecule has 1 aliphatic heterocycles. The second kappa shape index (κ2) is 9.99. The van der Waals surface area contributed by atoms with Gasteiger partial charge >= 0.3 is 6.36 Å². The molecule has 0 saturated heterocycles. The van der Waals surface area contributed by atoms with E-state index in [0.717, 1.165) is 6.07 Å². The lowest BCUT2D eigenvalue weighted by Crippen LogP contribution is -2.42. The van der Waals surface area contributed by atoms with Crippen molar-refractivity contribution in [2.24, 2.45) is 0 Å². The number of nitrogens with zero attached hydrogens (tertiary/aromatic N) is 3. The minimum Gasteiger partial charge on any atom is -0.491 e. The van der Waals surface area contributed by atoms with E-state index in [2.05, 4.69) is 20.1 Å². The molecular weight excluding hydrogens is 495 g/mol. The van der Waals surface area contributed by atoms with Crippen LogP contribution in [0.4, 0.5) is 18.9 Å². The van der Waals surface area contributed by atoms with Crippen LogP contribution in [0.15, 0.2) is 47.5 Å². The minimum atomic E-state index is -4.96. The number of pyridine rings is 1. The third-order valence-corrected chi connectivity index (χ3v) is 5.81. The van der Waals surface area contributed by atoms with Gasteiger partial charge in [0, 0.05) is 24.8 Å². The number of nitrogens with one attached hydrogen (secondary N) is 2. The number of halogens is 3. The van der Waals surface area contributed by atoms with Crippen molar-refractivity contribution in [1.29, 1.82) is 0 Å². The van der Waals surface area contributed by atoms with Gasteiger partial charge in [0.2, 0.25) is 0 Å². The lowest BCUT2D eigenvalue weighted by atomic mass is 10.0. The maximum absolute atomic E-state index is 13.3. The summed E-state index contributed by atoms with van der Waals surface area (Å²) in [6.45, 7) is 3.90. The molecule has 196 valence electrons. The van der Waals surface area contributed by atoms with Crippen LogP contribution in [0.3, 0.4) is 0 Å². The Morgan fingerprint density at radius 1 is 1.22 bits per heavy atom. The van der Waals surface area contributed by atoms with E-state index < -0.39 is 35.5 Å². The van der Waals surface area contributed by atoms with Crippen LogP contribution in [0.25, 0.3) is 0 Å². The average Bonchev–Trinajstić information content (AvgIpc) is 3.29. The molecule has 0 fully saturated rings. The Labute approximate surface area is 209 Å². The topological polar surface area (TPSA) is 119 Å². The summed E-state index contributed by atoms with van der Waals surface area (Å²) in [5.41, 5.74) is 0.369. The molecule has 0 aliphatic carbocycles. The van der Waals surface area contributed by atoms with E-state index >= 15 is 0 Å². The number of carbonyl (C=O) groups excluding carboxylic acids is 2. The number of rotatable bonds is 6. The Hall–Kier alpha value is -4.29. The first-order valence-electron chi connectivity index (χ1n) is 11.3. The predicted molar refractivity (Wildman–Crippen MR) is 126 cm³/mol. The van der Waals surface area contributed by atoms with Gasteiger partial charge in [-0.25, -0.2) is 0 Å². The standard InChI is InChI=1S/C24H24F3N5O5/c1-13(2)32-20-16(30-21(33)15-6-4-5-7-18(15)37-24(25,26)27)8-9-31(17(20)12-29-32)23(35)14-10-19(36-3)22(34)28-11-14/h4-7,10-13,16H,8-9H2,1-3H3,(H,28,34)(H,30,33)/t16-/m0/s1. The molecule has 2 aromatic heterocycles. The molecule has 0 bridgehead atoms. The summed E-state index contributed by atoms with van der Waals surface area (Å²) < 4.78 is 49.2. The van der Waals surface area contributed by atoms with Crippen molar-refractivity contribution in [2.45, 2.75) is 38.7 Å². The maximum Gasteiger partial charge on any atom is 0.573 e. The fourth-order valence-electron chi connectivity index (χ4n) is 4.18. The van der Waals surface area contributed by atoms with E-state index in [-0.39, 0.29) is 35.9 Å². The first-order valence-corrected chi connectivity index (χ1v) is 11.3. The van der Waals surface area contributed by atoms with E-state index in [4.69, 9.17) is 4.74 Å². The molecular formula is C24H24F3N5O5. The third kappa shape index (κ3) is 5.29. The molecule has 10 nitrogen and oxygen atoms in total. The van der Waals surface area contributed by atoms with Gasteiger partial charge in [-0.1, -0.05) is 12.1 Å². The number of fused-ring (bicyclic) bond motifs is 1. The normalized spacial score (nSPS) is 15.3. The summed E-state index contributed by atoms with van der Waals surface area (Å²) in [5.74, 6) is -1.83. The van der Waals surface area contributed by atoms with Crippen molar-refractivity contribution in [3.05, 3.63) is 69.9 Å². The van der Waals surface area contributed by atoms with Crippen LogP contribution in [-0.4, -0.2) is 46.6 Å². The van der Waals surface area contributed by atoms with Gasteiger partial charge in [0.1, 0.15) is 5.75 Å². The molecule has 0 unspecified atom stereocenters. The Morgan fingerprint density at radius 3 is 2.62 bits per heavy atom. The van der Waals surface area contributed by atoms with Gasteiger partial charge < -0.3 is 24.7 Å². The largest absolute Gasteiger partial charge is 0.573 e. The second-order valence-electron chi connectivity index (χ2n) is 8.55. The number of carbonyl (C=O) groups is 2. The maximum atomic E-state index is 13.3. The van der Waals surface area contributed by atoms with Crippen LogP contribution < -0.4 is 25.2 Å². The van der Waals surface area contributed by atoms with Gasteiger partial charge in [-0.05, 0) is 32.4 Å². The smallest absolute Gasteiger partial charge is 0.491 e. The lowest BCUT2D eigenvalue weighted by Gasteiger charge is -2.33. The molecule has 2 amide bonds. The number of amides is 2.